The predicted octanol–water partition coefficient (Wildman–Crippen LogP) is -4.23. The minimum atomic E-state index is 0. The second-order valence-corrected chi connectivity index (χ2v) is 2.90. The third-order valence-electron chi connectivity index (χ3n) is 0.744. The molecule has 0 rings (SSSR count). The molecule has 0 heterocycles. The molecule has 0 aromatic heterocycles. The van der Waals surface area contributed by atoms with Crippen LogP contribution in [0, 0.1) is 0 Å². The Morgan fingerprint density at radius 3 is 1.75 bits per heavy atom. The first-order valence-electron chi connectivity index (χ1n) is 2.53. The Morgan fingerprint density at radius 2 is 1.75 bits per heavy atom. The van der Waals surface area contributed by atoms with Crippen LogP contribution in [-0.4, -0.2) is 16.3 Å². The summed E-state index contributed by atoms with van der Waals surface area (Å²) in [6, 6.07) is 0. The van der Waals surface area contributed by atoms with Crippen LogP contribution in [-0.2, 0) is 0 Å². The van der Waals surface area contributed by atoms with Gasteiger partial charge in [-0.05, 0) is 0 Å². The number of hydrogen-bond acceptors (Lipinski definition) is 0. The van der Waals surface area contributed by atoms with Gasteiger partial charge in [0.05, 0.1) is 0 Å². The van der Waals surface area contributed by atoms with E-state index in [1.165, 1.54) is 12.8 Å². The van der Waals surface area contributed by atoms with Gasteiger partial charge >= 0.3 is 47.8 Å². The number of hydrogen-bond donors (Lipinski definition) is 0. The van der Waals surface area contributed by atoms with Crippen molar-refractivity contribution >= 4 is 16.3 Å². The van der Waals surface area contributed by atoms with Crippen molar-refractivity contribution in [3.05, 3.63) is 0 Å². The molecule has 0 aromatic carbocycles. The van der Waals surface area contributed by atoms with Gasteiger partial charge < -0.3 is 24.8 Å². The molecule has 1 unspecified atom stereocenters. The molecule has 0 aliphatic heterocycles. The van der Waals surface area contributed by atoms with Crippen LogP contribution in [0.5, 0.6) is 0 Å². The van der Waals surface area contributed by atoms with Crippen LogP contribution in [0.4, 0.5) is 0 Å². The standard InChI is InChI=1S/C5H11.Al.2ClH/c1-3-5-4-2;;;/h3H,4-5H2,1-2H3;;2*1H/q;+2;;/p-2. The van der Waals surface area contributed by atoms with Crippen molar-refractivity contribution in [1.29, 1.82) is 0 Å². The summed E-state index contributed by atoms with van der Waals surface area (Å²) in [5.74, 6) is 0. The fourth-order valence-corrected chi connectivity index (χ4v) is 0.789. The molecule has 0 aromatic rings. The Labute approximate surface area is 72.7 Å². The molecule has 0 saturated carbocycles. The molecule has 0 amide bonds. The van der Waals surface area contributed by atoms with Crippen molar-refractivity contribution in [3.8, 4) is 0 Å². The summed E-state index contributed by atoms with van der Waals surface area (Å²) in [5, 5.41) is 0. The molecule has 8 heavy (non-hydrogen) atoms. The fourth-order valence-electron chi connectivity index (χ4n) is 0.455. The normalized spacial score (nSPS) is 11.0. The summed E-state index contributed by atoms with van der Waals surface area (Å²) >= 11 is 2.78. The van der Waals surface area contributed by atoms with Gasteiger partial charge in [-0.2, -0.15) is 0 Å². The molecule has 0 fully saturated rings. The van der Waals surface area contributed by atoms with Crippen LogP contribution < -0.4 is 24.8 Å². The van der Waals surface area contributed by atoms with Gasteiger partial charge in [0.1, 0.15) is 0 Å². The Balaban J connectivity index is -0.000000125. The van der Waals surface area contributed by atoms with E-state index in [1.54, 1.807) is 0 Å². The van der Waals surface area contributed by atoms with Crippen molar-refractivity contribution < 1.29 is 24.8 Å². The maximum atomic E-state index is 2.78. The van der Waals surface area contributed by atoms with Crippen molar-refractivity contribution in [2.45, 2.75) is 31.5 Å². The average molecular weight is 169 g/mol. The monoisotopic (exact) mass is 168 g/mol. The topological polar surface area (TPSA) is 0 Å². The van der Waals surface area contributed by atoms with Crippen LogP contribution >= 0.6 is 0 Å². The first kappa shape index (κ1) is 16.1. The van der Waals surface area contributed by atoms with Crippen LogP contribution in [0.2, 0.25) is 4.78 Å². The molecular weight excluding hydrogens is 158 g/mol. The van der Waals surface area contributed by atoms with Crippen molar-refractivity contribution in [1.82, 2.24) is 0 Å². The zero-order chi connectivity index (χ0) is 4.99. The smallest absolute Gasteiger partial charge is 1.00 e. The minimum Gasteiger partial charge on any atom is -1.00 e. The second kappa shape index (κ2) is 11.0. The van der Waals surface area contributed by atoms with E-state index in [1.807, 2.05) is 0 Å². The molecule has 0 nitrogen and oxygen atoms in total. The maximum absolute atomic E-state index is 2.78. The maximum Gasteiger partial charge on any atom is -1.00 e. The van der Waals surface area contributed by atoms with Gasteiger partial charge in [-0.1, -0.05) is 0 Å². The molecule has 0 aliphatic rings. The summed E-state index contributed by atoms with van der Waals surface area (Å²) < 4.78 is 0.815. The predicted molar refractivity (Wildman–Crippen MR) is 30.1 cm³/mol. The average Bonchev–Trinajstić information content (AvgIpc) is 1.35. The van der Waals surface area contributed by atoms with Crippen molar-refractivity contribution in [3.63, 3.8) is 0 Å². The molecule has 0 spiro atoms. The molecular formula is C5H11AlCl2. The van der Waals surface area contributed by atoms with E-state index >= 15 is 0 Å². The first-order chi connectivity index (χ1) is 2.77. The van der Waals surface area contributed by atoms with Crippen LogP contribution in [0.25, 0.3) is 0 Å². The van der Waals surface area contributed by atoms with E-state index in [0.717, 1.165) is 4.78 Å². The summed E-state index contributed by atoms with van der Waals surface area (Å²) in [7, 11) is 0. The molecule has 0 aliphatic carbocycles. The molecule has 48 valence electrons. The molecule has 1 atom stereocenters. The quantitative estimate of drug-likeness (QED) is 0.367. The van der Waals surface area contributed by atoms with E-state index in [9.17, 15) is 0 Å². The number of halogens is 2. The van der Waals surface area contributed by atoms with Crippen molar-refractivity contribution in [2.24, 2.45) is 0 Å². The molecule has 0 bridgehead atoms. The Morgan fingerprint density at radius 1 is 1.38 bits per heavy atom. The third-order valence-corrected chi connectivity index (χ3v) is 1.08. The third kappa shape index (κ3) is 15.7. The van der Waals surface area contributed by atoms with Gasteiger partial charge in [0.2, 0.25) is 0 Å². The largest absolute Gasteiger partial charge is 1.00 e. The van der Waals surface area contributed by atoms with Gasteiger partial charge in [0.15, 0.2) is 0 Å². The number of rotatable bonds is 2. The summed E-state index contributed by atoms with van der Waals surface area (Å²) in [6.07, 6.45) is 2.65. The molecule has 0 radical (unpaired) electrons. The van der Waals surface area contributed by atoms with Gasteiger partial charge in [0.25, 0.3) is 0 Å². The van der Waals surface area contributed by atoms with Gasteiger partial charge in [-0.25, -0.2) is 0 Å². The van der Waals surface area contributed by atoms with Gasteiger partial charge in [-0.15, -0.1) is 0 Å². The Hall–Kier alpha value is 1.11. The zero-order valence-electron chi connectivity index (χ0n) is 5.32. The second-order valence-electron chi connectivity index (χ2n) is 1.77. The van der Waals surface area contributed by atoms with Crippen LogP contribution in [0.1, 0.15) is 26.7 Å². The Kier molecular flexibility index (Phi) is 22.0. The van der Waals surface area contributed by atoms with E-state index in [4.69, 9.17) is 0 Å². The van der Waals surface area contributed by atoms with E-state index in [2.05, 4.69) is 30.1 Å². The summed E-state index contributed by atoms with van der Waals surface area (Å²) in [4.78, 5) is 0. The van der Waals surface area contributed by atoms with Crippen molar-refractivity contribution in [2.75, 3.05) is 0 Å². The summed E-state index contributed by atoms with van der Waals surface area (Å²) in [5.41, 5.74) is 0. The Bertz CT molecular complexity index is 31.6. The van der Waals surface area contributed by atoms with E-state index < -0.39 is 0 Å². The van der Waals surface area contributed by atoms with E-state index in [-0.39, 0.29) is 24.8 Å². The summed E-state index contributed by atoms with van der Waals surface area (Å²) in [6.45, 7) is 4.43. The molecule has 0 N–H and O–H groups in total. The van der Waals surface area contributed by atoms with Gasteiger partial charge in [0, 0.05) is 0 Å². The van der Waals surface area contributed by atoms with Crippen LogP contribution in [0.15, 0.2) is 0 Å². The molecule has 3 heteroatoms. The van der Waals surface area contributed by atoms with Gasteiger partial charge in [-0.3, -0.25) is 0 Å². The van der Waals surface area contributed by atoms with Crippen LogP contribution in [0.3, 0.4) is 0 Å². The SMILES string of the molecule is CCC[CH](C)[Al+2].[Cl-].[Cl-]. The molecule has 0 saturated heterocycles. The first-order valence-corrected chi connectivity index (χ1v) is 3.19. The zero-order valence-corrected chi connectivity index (χ0v) is 7.99. The fraction of sp³-hybridized carbons (Fsp3) is 1.00. The minimum absolute atomic E-state index is 0. The van der Waals surface area contributed by atoms with E-state index in [0.29, 0.717) is 0 Å².